The smallest absolute Gasteiger partial charge is 0.161 e. The highest BCUT2D eigenvalue weighted by Crippen LogP contribution is 2.19. The molecule has 0 atom stereocenters. The first-order chi connectivity index (χ1) is 14.2. The number of halogens is 1. The molecule has 1 heterocycles. The predicted molar refractivity (Wildman–Crippen MR) is 122 cm³/mol. The molecule has 0 amide bonds. The van der Waals surface area contributed by atoms with Crippen LogP contribution >= 0.6 is 0 Å². The van der Waals surface area contributed by atoms with Crippen molar-refractivity contribution in [1.82, 2.24) is 9.97 Å². The molecule has 2 rings (SSSR count). The Balaban J connectivity index is 1.58. The van der Waals surface area contributed by atoms with Crippen LogP contribution in [0, 0.1) is 12.7 Å². The number of aryl methyl sites for hydroxylation is 1. The van der Waals surface area contributed by atoms with E-state index in [1.165, 1.54) is 82.8 Å². The van der Waals surface area contributed by atoms with Crippen LogP contribution in [0.25, 0.3) is 11.4 Å². The summed E-state index contributed by atoms with van der Waals surface area (Å²) in [4.78, 5) is 8.99. The van der Waals surface area contributed by atoms with Gasteiger partial charge in [-0.05, 0) is 25.5 Å². The maximum atomic E-state index is 13.5. The fourth-order valence-corrected chi connectivity index (χ4v) is 3.60. The van der Waals surface area contributed by atoms with Gasteiger partial charge in [-0.15, -0.1) is 0 Å². The van der Waals surface area contributed by atoms with E-state index in [1.807, 2.05) is 19.1 Å². The van der Waals surface area contributed by atoms with Crippen LogP contribution in [0.15, 0.2) is 30.3 Å². The summed E-state index contributed by atoms with van der Waals surface area (Å²) in [7, 11) is 0. The van der Waals surface area contributed by atoms with Gasteiger partial charge in [-0.3, -0.25) is 0 Å². The van der Waals surface area contributed by atoms with Crippen molar-refractivity contribution in [2.75, 3.05) is 11.9 Å². The van der Waals surface area contributed by atoms with E-state index < -0.39 is 0 Å². The molecule has 0 aliphatic heterocycles. The summed E-state index contributed by atoms with van der Waals surface area (Å²) in [5, 5.41) is 3.40. The molecule has 1 aromatic carbocycles. The molecular formula is C25H38FN3. The van der Waals surface area contributed by atoms with Crippen molar-refractivity contribution in [3.05, 3.63) is 41.8 Å². The minimum Gasteiger partial charge on any atom is -0.370 e. The van der Waals surface area contributed by atoms with Crippen LogP contribution < -0.4 is 5.32 Å². The molecule has 0 unspecified atom stereocenters. The summed E-state index contributed by atoms with van der Waals surface area (Å²) in [6.07, 6.45) is 16.2. The van der Waals surface area contributed by atoms with Crippen LogP contribution in [-0.2, 0) is 0 Å². The van der Waals surface area contributed by atoms with Crippen molar-refractivity contribution in [1.29, 1.82) is 0 Å². The van der Waals surface area contributed by atoms with Gasteiger partial charge in [0, 0.05) is 23.9 Å². The average Bonchev–Trinajstić information content (AvgIpc) is 2.71. The monoisotopic (exact) mass is 399 g/mol. The molecule has 0 radical (unpaired) electrons. The van der Waals surface area contributed by atoms with Crippen LogP contribution in [0.5, 0.6) is 0 Å². The predicted octanol–water partition coefficient (Wildman–Crippen LogP) is 7.70. The molecular weight excluding hydrogens is 361 g/mol. The Labute approximate surface area is 176 Å². The fourth-order valence-electron chi connectivity index (χ4n) is 3.60. The van der Waals surface area contributed by atoms with Crippen LogP contribution in [0.4, 0.5) is 10.2 Å². The van der Waals surface area contributed by atoms with E-state index in [1.54, 1.807) is 6.07 Å². The number of hydrogen-bond acceptors (Lipinski definition) is 3. The van der Waals surface area contributed by atoms with Gasteiger partial charge in [0.15, 0.2) is 5.82 Å². The summed E-state index contributed by atoms with van der Waals surface area (Å²) >= 11 is 0. The minimum atomic E-state index is -0.265. The lowest BCUT2D eigenvalue weighted by Crippen LogP contribution is -2.05. The van der Waals surface area contributed by atoms with E-state index in [2.05, 4.69) is 22.2 Å². The van der Waals surface area contributed by atoms with E-state index >= 15 is 0 Å². The van der Waals surface area contributed by atoms with Gasteiger partial charge in [0.1, 0.15) is 11.6 Å². The van der Waals surface area contributed by atoms with Crippen molar-refractivity contribution in [3.8, 4) is 11.4 Å². The number of benzene rings is 1. The SMILES string of the molecule is CCCCCCCCCCCCCCNc1cc(C)nc(-c2cccc(F)c2)n1. The Kier molecular flexibility index (Phi) is 11.3. The number of nitrogens with one attached hydrogen (secondary N) is 1. The van der Waals surface area contributed by atoms with Crippen LogP contribution in [-0.4, -0.2) is 16.5 Å². The second-order valence-electron chi connectivity index (χ2n) is 8.04. The lowest BCUT2D eigenvalue weighted by Gasteiger charge is -2.09. The Morgan fingerprint density at radius 1 is 0.793 bits per heavy atom. The topological polar surface area (TPSA) is 37.8 Å². The molecule has 0 saturated carbocycles. The zero-order valence-corrected chi connectivity index (χ0v) is 18.4. The first-order valence-electron chi connectivity index (χ1n) is 11.5. The molecule has 0 bridgehead atoms. The second-order valence-corrected chi connectivity index (χ2v) is 8.04. The van der Waals surface area contributed by atoms with E-state index in [0.29, 0.717) is 11.4 Å². The van der Waals surface area contributed by atoms with Gasteiger partial charge in [0.25, 0.3) is 0 Å². The highest BCUT2D eigenvalue weighted by Gasteiger charge is 2.06. The Bertz CT molecular complexity index is 702. The standard InChI is InChI=1S/C25H38FN3/c1-3-4-5-6-7-8-9-10-11-12-13-14-18-27-24-19-21(2)28-25(29-24)22-16-15-17-23(26)20-22/h15-17,19-20H,3-14,18H2,1-2H3,(H,27,28,29). The van der Waals surface area contributed by atoms with Crippen molar-refractivity contribution < 1.29 is 4.39 Å². The molecule has 160 valence electrons. The molecule has 0 aliphatic rings. The summed E-state index contributed by atoms with van der Waals surface area (Å²) in [6, 6.07) is 8.39. The van der Waals surface area contributed by atoms with Crippen molar-refractivity contribution >= 4 is 5.82 Å². The number of aromatic nitrogens is 2. The third-order valence-corrected chi connectivity index (χ3v) is 5.27. The van der Waals surface area contributed by atoms with E-state index in [9.17, 15) is 4.39 Å². The molecule has 29 heavy (non-hydrogen) atoms. The molecule has 0 saturated heterocycles. The number of nitrogens with zero attached hydrogens (tertiary/aromatic N) is 2. The Hall–Kier alpha value is -1.97. The number of hydrogen-bond donors (Lipinski definition) is 1. The lowest BCUT2D eigenvalue weighted by atomic mass is 10.1. The second kappa shape index (κ2) is 14.1. The quantitative estimate of drug-likeness (QED) is 0.312. The Morgan fingerprint density at radius 2 is 1.41 bits per heavy atom. The molecule has 0 spiro atoms. The minimum absolute atomic E-state index is 0.265. The molecule has 0 aliphatic carbocycles. The zero-order valence-electron chi connectivity index (χ0n) is 18.4. The maximum Gasteiger partial charge on any atom is 0.161 e. The normalized spacial score (nSPS) is 11.0. The third-order valence-electron chi connectivity index (χ3n) is 5.27. The largest absolute Gasteiger partial charge is 0.370 e. The van der Waals surface area contributed by atoms with Crippen molar-refractivity contribution in [2.24, 2.45) is 0 Å². The van der Waals surface area contributed by atoms with Crippen molar-refractivity contribution in [3.63, 3.8) is 0 Å². The molecule has 1 N–H and O–H groups in total. The highest BCUT2D eigenvalue weighted by molar-refractivity contribution is 5.57. The van der Waals surface area contributed by atoms with Gasteiger partial charge >= 0.3 is 0 Å². The summed E-state index contributed by atoms with van der Waals surface area (Å²) < 4.78 is 13.5. The summed E-state index contributed by atoms with van der Waals surface area (Å²) in [6.45, 7) is 5.13. The fraction of sp³-hybridized carbons (Fsp3) is 0.600. The molecule has 2 aromatic rings. The number of unbranched alkanes of at least 4 members (excludes halogenated alkanes) is 11. The molecule has 4 heteroatoms. The van der Waals surface area contributed by atoms with Gasteiger partial charge in [-0.25, -0.2) is 14.4 Å². The lowest BCUT2D eigenvalue weighted by molar-refractivity contribution is 0.546. The Morgan fingerprint density at radius 3 is 2.03 bits per heavy atom. The van der Waals surface area contributed by atoms with Gasteiger partial charge in [-0.2, -0.15) is 0 Å². The van der Waals surface area contributed by atoms with Crippen LogP contribution in [0.3, 0.4) is 0 Å². The molecule has 0 fully saturated rings. The van der Waals surface area contributed by atoms with Crippen LogP contribution in [0.2, 0.25) is 0 Å². The van der Waals surface area contributed by atoms with Gasteiger partial charge in [0.05, 0.1) is 0 Å². The highest BCUT2D eigenvalue weighted by atomic mass is 19.1. The first kappa shape index (κ1) is 23.3. The van der Waals surface area contributed by atoms with E-state index in [-0.39, 0.29) is 5.82 Å². The average molecular weight is 400 g/mol. The van der Waals surface area contributed by atoms with Crippen molar-refractivity contribution in [2.45, 2.75) is 90.9 Å². The molecule has 1 aromatic heterocycles. The van der Waals surface area contributed by atoms with Crippen LogP contribution in [0.1, 0.15) is 89.7 Å². The third kappa shape index (κ3) is 9.87. The van der Waals surface area contributed by atoms with E-state index in [0.717, 1.165) is 24.5 Å². The van der Waals surface area contributed by atoms with Gasteiger partial charge < -0.3 is 5.32 Å². The summed E-state index contributed by atoms with van der Waals surface area (Å²) in [5.74, 6) is 1.13. The van der Waals surface area contributed by atoms with Gasteiger partial charge in [0.2, 0.25) is 0 Å². The maximum absolute atomic E-state index is 13.5. The van der Waals surface area contributed by atoms with E-state index in [4.69, 9.17) is 0 Å². The summed E-state index contributed by atoms with van der Waals surface area (Å²) in [5.41, 5.74) is 1.60. The first-order valence-corrected chi connectivity index (χ1v) is 11.5. The number of anilines is 1. The zero-order chi connectivity index (χ0) is 20.7. The number of rotatable bonds is 15. The molecule has 3 nitrogen and oxygen atoms in total. The van der Waals surface area contributed by atoms with Gasteiger partial charge in [-0.1, -0.05) is 89.7 Å².